The molecule has 4 aromatic rings. The normalized spacial score (nSPS) is 18.7. The van der Waals surface area contributed by atoms with E-state index < -0.39 is 0 Å². The predicted octanol–water partition coefficient (Wildman–Crippen LogP) is 4.06. The molecule has 0 radical (unpaired) electrons. The van der Waals surface area contributed by atoms with Crippen LogP contribution in [0.1, 0.15) is 41.4 Å². The molecule has 0 unspecified atom stereocenters. The lowest BCUT2D eigenvalue weighted by Crippen LogP contribution is -2.03. The number of rotatable bonds is 5. The largest absolute Gasteiger partial charge is 0.496 e. The molecule has 5 rings (SSSR count). The van der Waals surface area contributed by atoms with Crippen molar-refractivity contribution < 1.29 is 9.26 Å². The van der Waals surface area contributed by atoms with Gasteiger partial charge in [0.1, 0.15) is 11.6 Å². The van der Waals surface area contributed by atoms with Crippen molar-refractivity contribution in [1.29, 1.82) is 0 Å². The van der Waals surface area contributed by atoms with Gasteiger partial charge in [0.25, 0.3) is 0 Å². The number of aromatic nitrogens is 4. The Morgan fingerprint density at radius 1 is 1.07 bits per heavy atom. The number of hydrogen-bond donors (Lipinski definition) is 0. The molecule has 6 heteroatoms. The van der Waals surface area contributed by atoms with Gasteiger partial charge in [-0.2, -0.15) is 4.98 Å². The summed E-state index contributed by atoms with van der Waals surface area (Å²) in [5.74, 6) is 3.91. The molecule has 0 spiro atoms. The van der Waals surface area contributed by atoms with E-state index in [9.17, 15) is 0 Å². The average Bonchev–Trinajstić information content (AvgIpc) is 3.25. The summed E-state index contributed by atoms with van der Waals surface area (Å²) in [6.07, 6.45) is 1.01. The Labute approximate surface area is 156 Å². The van der Waals surface area contributed by atoms with E-state index in [2.05, 4.69) is 31.8 Å². The number of fused-ring (bicyclic) bond motifs is 1. The highest BCUT2D eigenvalue weighted by molar-refractivity contribution is 5.75. The fraction of sp³-hybridized carbons (Fsp3) is 0.286. The van der Waals surface area contributed by atoms with Gasteiger partial charge in [-0.25, -0.2) is 4.98 Å². The Kier molecular flexibility index (Phi) is 3.70. The van der Waals surface area contributed by atoms with Gasteiger partial charge < -0.3 is 13.8 Å². The Bertz CT molecular complexity index is 1110. The molecule has 1 saturated carbocycles. The van der Waals surface area contributed by atoms with Gasteiger partial charge in [-0.05, 0) is 43.0 Å². The lowest BCUT2D eigenvalue weighted by molar-refractivity contribution is 0.371. The number of aryl methyl sites for hydroxylation is 1. The first kappa shape index (κ1) is 16.1. The first-order valence-corrected chi connectivity index (χ1v) is 9.12. The Morgan fingerprint density at radius 3 is 2.78 bits per heavy atom. The molecule has 0 N–H and O–H groups in total. The van der Waals surface area contributed by atoms with Crippen molar-refractivity contribution in [3.8, 4) is 5.75 Å². The SMILES string of the molecule is COc1ccccc1[C@@H]1C[C@H]1c1nc(Cn2c(C)nc3ccccc32)no1. The second-order valence-electron chi connectivity index (χ2n) is 6.97. The lowest BCUT2D eigenvalue weighted by atomic mass is 10.1. The highest BCUT2D eigenvalue weighted by Gasteiger charge is 2.45. The molecule has 6 nitrogen and oxygen atoms in total. The van der Waals surface area contributed by atoms with Crippen molar-refractivity contribution >= 4 is 11.0 Å². The van der Waals surface area contributed by atoms with Crippen LogP contribution < -0.4 is 4.74 Å². The van der Waals surface area contributed by atoms with E-state index >= 15 is 0 Å². The van der Waals surface area contributed by atoms with Crippen molar-refractivity contribution in [3.63, 3.8) is 0 Å². The average molecular weight is 360 g/mol. The van der Waals surface area contributed by atoms with Crippen LogP contribution in [-0.2, 0) is 6.54 Å². The van der Waals surface area contributed by atoms with E-state index in [0.717, 1.165) is 29.0 Å². The number of para-hydroxylation sites is 3. The summed E-state index contributed by atoms with van der Waals surface area (Å²) in [6.45, 7) is 2.56. The second kappa shape index (κ2) is 6.23. The zero-order valence-electron chi connectivity index (χ0n) is 15.3. The summed E-state index contributed by atoms with van der Waals surface area (Å²) in [4.78, 5) is 9.26. The Hall–Kier alpha value is -3.15. The van der Waals surface area contributed by atoms with E-state index in [4.69, 9.17) is 9.26 Å². The molecular weight excluding hydrogens is 340 g/mol. The van der Waals surface area contributed by atoms with Crippen LogP contribution in [0.25, 0.3) is 11.0 Å². The van der Waals surface area contributed by atoms with E-state index in [0.29, 0.717) is 24.2 Å². The molecule has 0 aliphatic heterocycles. The van der Waals surface area contributed by atoms with Crippen LogP contribution in [0.2, 0.25) is 0 Å². The van der Waals surface area contributed by atoms with Gasteiger partial charge in [-0.15, -0.1) is 0 Å². The van der Waals surface area contributed by atoms with Crippen LogP contribution in [-0.4, -0.2) is 26.8 Å². The van der Waals surface area contributed by atoms with E-state index in [1.54, 1.807) is 7.11 Å². The molecule has 1 fully saturated rings. The highest BCUT2D eigenvalue weighted by Crippen LogP contribution is 2.56. The van der Waals surface area contributed by atoms with Gasteiger partial charge >= 0.3 is 0 Å². The molecule has 0 bridgehead atoms. The maximum absolute atomic E-state index is 5.58. The highest BCUT2D eigenvalue weighted by atomic mass is 16.5. The second-order valence-corrected chi connectivity index (χ2v) is 6.97. The number of benzene rings is 2. The third kappa shape index (κ3) is 2.77. The van der Waals surface area contributed by atoms with Crippen molar-refractivity contribution in [3.05, 3.63) is 71.6 Å². The van der Waals surface area contributed by atoms with Gasteiger partial charge in [0.2, 0.25) is 5.89 Å². The van der Waals surface area contributed by atoms with Crippen molar-refractivity contribution in [2.75, 3.05) is 7.11 Å². The molecule has 2 aromatic carbocycles. The molecule has 1 aliphatic carbocycles. The van der Waals surface area contributed by atoms with E-state index in [-0.39, 0.29) is 5.92 Å². The number of imidazole rings is 1. The standard InChI is InChI=1S/C21H20N4O2/c1-13-22-17-8-4-5-9-18(17)25(13)12-20-23-21(27-24-20)16-11-15(16)14-7-3-6-10-19(14)26-2/h3-10,15-16H,11-12H2,1-2H3/t15-,16+/m0/s1. The van der Waals surface area contributed by atoms with Gasteiger partial charge in [-0.3, -0.25) is 0 Å². The number of methoxy groups -OCH3 is 1. The summed E-state index contributed by atoms with van der Waals surface area (Å²) in [7, 11) is 1.71. The third-order valence-electron chi connectivity index (χ3n) is 5.27. The summed E-state index contributed by atoms with van der Waals surface area (Å²) >= 11 is 0. The molecule has 1 aliphatic rings. The smallest absolute Gasteiger partial charge is 0.230 e. The summed E-state index contributed by atoms with van der Waals surface area (Å²) in [6, 6.07) is 16.2. The van der Waals surface area contributed by atoms with Crippen LogP contribution in [0.3, 0.4) is 0 Å². The summed E-state index contributed by atoms with van der Waals surface area (Å²) in [5, 5.41) is 4.20. The Balaban J connectivity index is 1.37. The Morgan fingerprint density at radius 2 is 1.89 bits per heavy atom. The van der Waals surface area contributed by atoms with Crippen molar-refractivity contribution in [1.82, 2.24) is 19.7 Å². The number of hydrogen-bond acceptors (Lipinski definition) is 5. The zero-order chi connectivity index (χ0) is 18.4. The quantitative estimate of drug-likeness (QED) is 0.537. The van der Waals surface area contributed by atoms with Crippen LogP contribution in [0.4, 0.5) is 0 Å². The van der Waals surface area contributed by atoms with Crippen LogP contribution in [0.15, 0.2) is 53.1 Å². The minimum Gasteiger partial charge on any atom is -0.496 e. The topological polar surface area (TPSA) is 66.0 Å². The molecule has 2 aromatic heterocycles. The summed E-state index contributed by atoms with van der Waals surface area (Å²) in [5.41, 5.74) is 3.28. The zero-order valence-corrected chi connectivity index (χ0v) is 15.3. The molecule has 0 amide bonds. The van der Waals surface area contributed by atoms with E-state index in [1.165, 1.54) is 5.56 Å². The van der Waals surface area contributed by atoms with Crippen LogP contribution >= 0.6 is 0 Å². The van der Waals surface area contributed by atoms with Crippen LogP contribution in [0, 0.1) is 6.92 Å². The molecule has 0 saturated heterocycles. The van der Waals surface area contributed by atoms with Crippen molar-refractivity contribution in [2.45, 2.75) is 31.7 Å². The fourth-order valence-corrected chi connectivity index (χ4v) is 3.80. The minimum absolute atomic E-state index is 0.267. The maximum atomic E-state index is 5.58. The molecule has 2 atom stereocenters. The lowest BCUT2D eigenvalue weighted by Gasteiger charge is -2.06. The van der Waals surface area contributed by atoms with Crippen LogP contribution in [0.5, 0.6) is 5.75 Å². The summed E-state index contributed by atoms with van der Waals surface area (Å²) < 4.78 is 13.2. The first-order chi connectivity index (χ1) is 13.2. The first-order valence-electron chi connectivity index (χ1n) is 9.12. The minimum atomic E-state index is 0.267. The monoisotopic (exact) mass is 360 g/mol. The number of ether oxygens (including phenoxy) is 1. The van der Waals surface area contributed by atoms with E-state index in [1.807, 2.05) is 43.3 Å². The predicted molar refractivity (Wildman–Crippen MR) is 101 cm³/mol. The molecule has 136 valence electrons. The van der Waals surface area contributed by atoms with Gasteiger partial charge in [0.15, 0.2) is 5.82 Å². The molecular formula is C21H20N4O2. The fourth-order valence-electron chi connectivity index (χ4n) is 3.80. The van der Waals surface area contributed by atoms with Crippen molar-refractivity contribution in [2.24, 2.45) is 0 Å². The van der Waals surface area contributed by atoms with Gasteiger partial charge in [-0.1, -0.05) is 35.5 Å². The molecule has 2 heterocycles. The van der Waals surface area contributed by atoms with Gasteiger partial charge in [0, 0.05) is 5.92 Å². The van der Waals surface area contributed by atoms with Gasteiger partial charge in [0.05, 0.1) is 24.7 Å². The number of nitrogens with zero attached hydrogens (tertiary/aromatic N) is 4. The third-order valence-corrected chi connectivity index (χ3v) is 5.27. The molecule has 27 heavy (non-hydrogen) atoms. The maximum Gasteiger partial charge on any atom is 0.230 e.